The van der Waals surface area contributed by atoms with E-state index in [0.29, 0.717) is 30.9 Å². The maximum Gasteiger partial charge on any atom is 0.253 e. The number of carbonyl (C=O) groups is 2. The smallest absolute Gasteiger partial charge is 0.253 e. The molecule has 6 heteroatoms. The van der Waals surface area contributed by atoms with Crippen LogP contribution < -0.4 is 11.1 Å². The van der Waals surface area contributed by atoms with Gasteiger partial charge in [-0.15, -0.1) is 0 Å². The second-order valence-corrected chi connectivity index (χ2v) is 5.87. The summed E-state index contributed by atoms with van der Waals surface area (Å²) in [6.45, 7) is 1.91. The van der Waals surface area contributed by atoms with Crippen molar-refractivity contribution in [2.75, 3.05) is 25.0 Å². The first-order valence-corrected chi connectivity index (χ1v) is 7.71. The molecule has 6 nitrogen and oxygen atoms in total. The van der Waals surface area contributed by atoms with Gasteiger partial charge in [0.05, 0.1) is 0 Å². The number of amides is 2. The fourth-order valence-corrected chi connectivity index (χ4v) is 2.89. The minimum atomic E-state index is -0.379. The number of nitrogens with one attached hydrogen (secondary N) is 1. The highest BCUT2D eigenvalue weighted by Crippen LogP contribution is 2.18. The molecule has 0 radical (unpaired) electrons. The third kappa shape index (κ3) is 3.28. The van der Waals surface area contributed by atoms with Gasteiger partial charge in [-0.2, -0.15) is 0 Å². The average Bonchev–Trinajstić information content (AvgIpc) is 3.18. The monoisotopic (exact) mass is 303 g/mol. The van der Waals surface area contributed by atoms with Crippen LogP contribution in [-0.2, 0) is 9.53 Å². The first-order chi connectivity index (χ1) is 10.6. The van der Waals surface area contributed by atoms with Gasteiger partial charge in [-0.3, -0.25) is 9.59 Å². The van der Waals surface area contributed by atoms with Crippen LogP contribution in [0.3, 0.4) is 0 Å². The van der Waals surface area contributed by atoms with E-state index in [1.165, 1.54) is 0 Å². The molecule has 3 N–H and O–H groups in total. The van der Waals surface area contributed by atoms with Crippen LogP contribution in [0.2, 0.25) is 0 Å². The van der Waals surface area contributed by atoms with Crippen molar-refractivity contribution in [3.05, 3.63) is 29.8 Å². The van der Waals surface area contributed by atoms with Gasteiger partial charge in [0.15, 0.2) is 0 Å². The maximum atomic E-state index is 12.4. The molecule has 0 saturated carbocycles. The Morgan fingerprint density at radius 2 is 2.18 bits per heavy atom. The molecule has 2 saturated heterocycles. The predicted octanol–water partition coefficient (Wildman–Crippen LogP) is 0.977. The van der Waals surface area contributed by atoms with E-state index in [9.17, 15) is 9.59 Å². The number of nitrogens with two attached hydrogens (primary N) is 1. The van der Waals surface area contributed by atoms with E-state index >= 15 is 0 Å². The molecule has 1 aromatic rings. The first-order valence-electron chi connectivity index (χ1n) is 7.71. The lowest BCUT2D eigenvalue weighted by Crippen LogP contribution is -2.32. The van der Waals surface area contributed by atoms with E-state index < -0.39 is 0 Å². The van der Waals surface area contributed by atoms with Crippen LogP contribution in [0.4, 0.5) is 5.69 Å². The van der Waals surface area contributed by atoms with Gasteiger partial charge in [0.2, 0.25) is 0 Å². The van der Waals surface area contributed by atoms with E-state index in [1.54, 1.807) is 29.2 Å². The highest BCUT2D eigenvalue weighted by atomic mass is 16.5. The van der Waals surface area contributed by atoms with E-state index in [4.69, 9.17) is 10.5 Å². The largest absolute Gasteiger partial charge is 0.368 e. The zero-order valence-corrected chi connectivity index (χ0v) is 12.5. The van der Waals surface area contributed by atoms with Gasteiger partial charge in [0.1, 0.15) is 6.10 Å². The highest BCUT2D eigenvalue weighted by Gasteiger charge is 2.26. The lowest BCUT2D eigenvalue weighted by Gasteiger charge is -2.16. The SMILES string of the molecule is N[C@@H]1CCN(C(=O)c2cccc(NC(=O)C3CCCO3)c2)C1. The Hall–Kier alpha value is -1.92. The van der Waals surface area contributed by atoms with E-state index in [-0.39, 0.29) is 24.0 Å². The van der Waals surface area contributed by atoms with E-state index in [2.05, 4.69) is 5.32 Å². The number of carbonyl (C=O) groups excluding carboxylic acids is 2. The predicted molar refractivity (Wildman–Crippen MR) is 82.5 cm³/mol. The Balaban J connectivity index is 1.66. The Labute approximate surface area is 129 Å². The molecule has 2 amide bonds. The van der Waals surface area contributed by atoms with Crippen LogP contribution in [0.5, 0.6) is 0 Å². The van der Waals surface area contributed by atoms with Crippen LogP contribution in [-0.4, -0.2) is 48.6 Å². The third-order valence-corrected chi connectivity index (χ3v) is 4.11. The number of anilines is 1. The summed E-state index contributed by atoms with van der Waals surface area (Å²) in [5.74, 6) is -0.188. The molecule has 0 aromatic heterocycles. The molecular formula is C16H21N3O3. The molecule has 1 unspecified atom stereocenters. The highest BCUT2D eigenvalue weighted by molar-refractivity contribution is 5.98. The molecule has 0 spiro atoms. The molecule has 0 bridgehead atoms. The number of benzene rings is 1. The van der Waals surface area contributed by atoms with Crippen molar-refractivity contribution in [1.82, 2.24) is 4.90 Å². The van der Waals surface area contributed by atoms with Gasteiger partial charge < -0.3 is 20.7 Å². The van der Waals surface area contributed by atoms with Crippen molar-refractivity contribution in [3.63, 3.8) is 0 Å². The summed E-state index contributed by atoms with van der Waals surface area (Å²) in [6.07, 6.45) is 2.11. The van der Waals surface area contributed by atoms with E-state index in [1.807, 2.05) is 0 Å². The number of hydrogen-bond acceptors (Lipinski definition) is 4. The van der Waals surface area contributed by atoms with Crippen molar-refractivity contribution in [2.24, 2.45) is 5.73 Å². The minimum absolute atomic E-state index is 0.0406. The minimum Gasteiger partial charge on any atom is -0.368 e. The third-order valence-electron chi connectivity index (χ3n) is 4.11. The van der Waals surface area contributed by atoms with Crippen molar-refractivity contribution in [3.8, 4) is 0 Å². The molecule has 2 atom stereocenters. The van der Waals surface area contributed by atoms with Gasteiger partial charge in [-0.1, -0.05) is 6.07 Å². The van der Waals surface area contributed by atoms with Crippen molar-refractivity contribution in [1.29, 1.82) is 0 Å². The van der Waals surface area contributed by atoms with Crippen molar-refractivity contribution in [2.45, 2.75) is 31.4 Å². The van der Waals surface area contributed by atoms with Gasteiger partial charge in [0, 0.05) is 37.0 Å². The normalized spacial score (nSPS) is 24.5. The van der Waals surface area contributed by atoms with Crippen LogP contribution in [0, 0.1) is 0 Å². The summed E-state index contributed by atoms with van der Waals surface area (Å²) < 4.78 is 5.36. The second-order valence-electron chi connectivity index (χ2n) is 5.87. The Morgan fingerprint density at radius 1 is 1.32 bits per heavy atom. The molecule has 2 fully saturated rings. The quantitative estimate of drug-likeness (QED) is 0.871. The summed E-state index contributed by atoms with van der Waals surface area (Å²) in [5, 5.41) is 2.82. The zero-order chi connectivity index (χ0) is 15.5. The number of rotatable bonds is 3. The fourth-order valence-electron chi connectivity index (χ4n) is 2.89. The average molecular weight is 303 g/mol. The molecule has 2 heterocycles. The topological polar surface area (TPSA) is 84.7 Å². The molecule has 2 aliphatic heterocycles. The molecule has 118 valence electrons. The van der Waals surface area contributed by atoms with Crippen LogP contribution in [0.1, 0.15) is 29.6 Å². The summed E-state index contributed by atoms with van der Waals surface area (Å²) in [6, 6.07) is 7.08. The fraction of sp³-hybridized carbons (Fsp3) is 0.500. The number of ether oxygens (including phenoxy) is 1. The van der Waals surface area contributed by atoms with Gasteiger partial charge in [-0.25, -0.2) is 0 Å². The van der Waals surface area contributed by atoms with Crippen molar-refractivity contribution < 1.29 is 14.3 Å². The Kier molecular flexibility index (Phi) is 4.40. The summed E-state index contributed by atoms with van der Waals surface area (Å²) in [5.41, 5.74) is 7.03. The number of likely N-dealkylation sites (tertiary alicyclic amines) is 1. The van der Waals surface area contributed by atoms with Gasteiger partial charge in [-0.05, 0) is 37.5 Å². The summed E-state index contributed by atoms with van der Waals surface area (Å²) in [7, 11) is 0. The first kappa shape index (κ1) is 15.0. The summed E-state index contributed by atoms with van der Waals surface area (Å²) in [4.78, 5) is 26.2. The van der Waals surface area contributed by atoms with Gasteiger partial charge in [0.25, 0.3) is 11.8 Å². The molecule has 1 aromatic carbocycles. The molecular weight excluding hydrogens is 282 g/mol. The molecule has 22 heavy (non-hydrogen) atoms. The lowest BCUT2D eigenvalue weighted by atomic mass is 10.1. The molecule has 3 rings (SSSR count). The van der Waals surface area contributed by atoms with Gasteiger partial charge >= 0.3 is 0 Å². The number of hydrogen-bond donors (Lipinski definition) is 2. The second kappa shape index (κ2) is 6.46. The van der Waals surface area contributed by atoms with Crippen LogP contribution >= 0.6 is 0 Å². The van der Waals surface area contributed by atoms with Crippen LogP contribution in [0.15, 0.2) is 24.3 Å². The lowest BCUT2D eigenvalue weighted by molar-refractivity contribution is -0.124. The Bertz CT molecular complexity index is 570. The van der Waals surface area contributed by atoms with Crippen molar-refractivity contribution >= 4 is 17.5 Å². The number of nitrogens with zero attached hydrogens (tertiary/aromatic N) is 1. The molecule has 2 aliphatic rings. The van der Waals surface area contributed by atoms with Crippen LogP contribution in [0.25, 0.3) is 0 Å². The zero-order valence-electron chi connectivity index (χ0n) is 12.5. The van der Waals surface area contributed by atoms with E-state index in [0.717, 1.165) is 19.3 Å². The summed E-state index contributed by atoms with van der Waals surface area (Å²) >= 11 is 0. The maximum absolute atomic E-state index is 12.4. The molecule has 0 aliphatic carbocycles. The standard InChI is InChI=1S/C16H21N3O3/c17-12-6-7-19(10-12)16(21)11-3-1-4-13(9-11)18-15(20)14-5-2-8-22-14/h1,3-4,9,12,14H,2,5-8,10,17H2,(H,18,20)/t12-,14?/m1/s1. The Morgan fingerprint density at radius 3 is 2.86 bits per heavy atom.